The van der Waals surface area contributed by atoms with Crippen LogP contribution < -0.4 is 0 Å². The Morgan fingerprint density at radius 3 is 2.84 bits per heavy atom. The molecule has 5 atom stereocenters. The molecule has 1 fully saturated rings. The number of hydrogen-bond donors (Lipinski definition) is 1. The van der Waals surface area contributed by atoms with E-state index in [2.05, 4.69) is 16.6 Å². The number of aliphatic hydroxyl groups is 1. The van der Waals surface area contributed by atoms with Gasteiger partial charge in [-0.2, -0.15) is 0 Å². The molecule has 0 aromatic heterocycles. The minimum absolute atomic E-state index is 0.192. The number of azide groups is 1. The van der Waals surface area contributed by atoms with Gasteiger partial charge in [-0.05, 0) is 12.5 Å². The monoisotopic (exact) mass is 349 g/mol. The Morgan fingerprint density at radius 2 is 2.24 bits per heavy atom. The number of aliphatic hydroxyl groups excluding tert-OH is 1. The van der Waals surface area contributed by atoms with Crippen molar-refractivity contribution in [3.05, 3.63) is 59.0 Å². The van der Waals surface area contributed by atoms with Crippen molar-refractivity contribution in [1.29, 1.82) is 0 Å². The summed E-state index contributed by atoms with van der Waals surface area (Å²) in [6.45, 7) is 5.51. The summed E-state index contributed by atoms with van der Waals surface area (Å²) in [4.78, 5) is 2.72. The van der Waals surface area contributed by atoms with E-state index < -0.39 is 31.3 Å². The average molecular weight is 349 g/mol. The Labute approximate surface area is 146 Å². The second kappa shape index (κ2) is 10.1. The maximum absolute atomic E-state index is 9.40. The molecule has 0 aliphatic carbocycles. The van der Waals surface area contributed by atoms with Gasteiger partial charge in [-0.1, -0.05) is 41.5 Å². The van der Waals surface area contributed by atoms with E-state index in [-0.39, 0.29) is 19.3 Å². The predicted octanol–water partition coefficient (Wildman–Crippen LogP) is 2.71. The van der Waals surface area contributed by atoms with Gasteiger partial charge in [0.15, 0.2) is 12.6 Å². The Bertz CT molecular complexity index is 579. The number of benzene rings is 1. The normalized spacial score (nSPS) is 25.6. The molecule has 1 aromatic rings. The van der Waals surface area contributed by atoms with Gasteiger partial charge in [0.1, 0.15) is 12.1 Å². The fourth-order valence-electron chi connectivity index (χ4n) is 2.39. The van der Waals surface area contributed by atoms with E-state index in [1.54, 1.807) is 6.08 Å². The number of hydrogen-bond acceptors (Lipinski definition) is 6. The van der Waals surface area contributed by atoms with Crippen LogP contribution in [-0.4, -0.2) is 49.5 Å². The van der Waals surface area contributed by atoms with Crippen LogP contribution in [0, 0.1) is 0 Å². The molecule has 1 aliphatic rings. The van der Waals surface area contributed by atoms with Crippen LogP contribution in [0.4, 0.5) is 0 Å². The Hall–Kier alpha value is -1.93. The first-order valence-electron chi connectivity index (χ1n) is 8.04. The largest absolute Gasteiger partial charge is 0.396 e. The van der Waals surface area contributed by atoms with Crippen LogP contribution in [0.15, 0.2) is 48.1 Å². The van der Waals surface area contributed by atoms with Crippen molar-refractivity contribution < 1.29 is 24.1 Å². The third-order valence-corrected chi connectivity index (χ3v) is 3.73. The highest BCUT2D eigenvalue weighted by molar-refractivity contribution is 5.16. The van der Waals surface area contributed by atoms with Crippen LogP contribution >= 0.6 is 0 Å². The third-order valence-electron chi connectivity index (χ3n) is 3.73. The number of rotatable bonds is 9. The standard InChI is InChI=1S/C17H23N3O5/c1-3-9-22-17(14(10-21)19-20-18)25-15-11-23-16(24-12(15)2)13-7-5-4-6-8-13/h3-8,12,14-17,21H,1,9-11H2,2H3/t12-,14+,15?,16?,17+/m1/s1. The first kappa shape index (κ1) is 19.4. The smallest absolute Gasteiger partial charge is 0.184 e. The van der Waals surface area contributed by atoms with Gasteiger partial charge in [0.25, 0.3) is 0 Å². The van der Waals surface area contributed by atoms with E-state index in [0.717, 1.165) is 5.56 Å². The second-order valence-corrected chi connectivity index (χ2v) is 5.54. The zero-order valence-corrected chi connectivity index (χ0v) is 14.1. The van der Waals surface area contributed by atoms with E-state index in [0.29, 0.717) is 0 Å². The molecule has 2 rings (SSSR count). The van der Waals surface area contributed by atoms with Gasteiger partial charge in [0.2, 0.25) is 0 Å². The lowest BCUT2D eigenvalue weighted by atomic mass is 10.1. The minimum atomic E-state index is -0.924. The molecular formula is C17H23N3O5. The van der Waals surface area contributed by atoms with Gasteiger partial charge in [0.05, 0.1) is 25.9 Å². The molecule has 1 heterocycles. The summed E-state index contributed by atoms with van der Waals surface area (Å²) >= 11 is 0. The van der Waals surface area contributed by atoms with Gasteiger partial charge in [-0.15, -0.1) is 6.58 Å². The zero-order valence-electron chi connectivity index (χ0n) is 14.1. The summed E-state index contributed by atoms with van der Waals surface area (Å²) in [5, 5.41) is 12.9. The molecule has 1 aliphatic heterocycles. The molecule has 0 bridgehead atoms. The molecule has 1 aromatic carbocycles. The highest BCUT2D eigenvalue weighted by Crippen LogP contribution is 2.28. The maximum atomic E-state index is 9.40. The third kappa shape index (κ3) is 5.54. The average Bonchev–Trinajstić information content (AvgIpc) is 2.65. The van der Waals surface area contributed by atoms with E-state index >= 15 is 0 Å². The summed E-state index contributed by atoms with van der Waals surface area (Å²) in [7, 11) is 0. The summed E-state index contributed by atoms with van der Waals surface area (Å²) in [6, 6.07) is 8.74. The topological polar surface area (TPSA) is 106 Å². The molecule has 2 unspecified atom stereocenters. The van der Waals surface area contributed by atoms with Crippen LogP contribution in [-0.2, 0) is 18.9 Å². The van der Waals surface area contributed by atoms with Gasteiger partial charge in [-0.25, -0.2) is 0 Å². The van der Waals surface area contributed by atoms with Gasteiger partial charge in [-0.3, -0.25) is 0 Å². The molecule has 136 valence electrons. The fourth-order valence-corrected chi connectivity index (χ4v) is 2.39. The van der Waals surface area contributed by atoms with Gasteiger partial charge < -0.3 is 24.1 Å². The molecule has 0 radical (unpaired) electrons. The van der Waals surface area contributed by atoms with E-state index in [4.69, 9.17) is 24.5 Å². The molecule has 8 heteroatoms. The van der Waals surface area contributed by atoms with Gasteiger partial charge in [0, 0.05) is 10.5 Å². The van der Waals surface area contributed by atoms with Crippen LogP contribution in [0.1, 0.15) is 18.8 Å². The lowest BCUT2D eigenvalue weighted by Crippen LogP contribution is -2.46. The number of nitrogens with zero attached hydrogens (tertiary/aromatic N) is 3. The zero-order chi connectivity index (χ0) is 18.1. The molecule has 1 saturated heterocycles. The van der Waals surface area contributed by atoms with E-state index in [1.807, 2.05) is 37.3 Å². The quantitative estimate of drug-likeness (QED) is 0.242. The van der Waals surface area contributed by atoms with Crippen LogP contribution in [0.5, 0.6) is 0 Å². The van der Waals surface area contributed by atoms with Crippen molar-refractivity contribution in [2.45, 2.75) is 37.8 Å². The molecular weight excluding hydrogens is 326 g/mol. The first-order chi connectivity index (χ1) is 12.2. The van der Waals surface area contributed by atoms with Crippen LogP contribution in [0.2, 0.25) is 0 Å². The molecule has 0 spiro atoms. The van der Waals surface area contributed by atoms with E-state index in [9.17, 15) is 5.11 Å². The number of ether oxygens (including phenoxy) is 4. The molecule has 25 heavy (non-hydrogen) atoms. The predicted molar refractivity (Wildman–Crippen MR) is 90.5 cm³/mol. The lowest BCUT2D eigenvalue weighted by Gasteiger charge is -2.37. The van der Waals surface area contributed by atoms with Crippen LogP contribution in [0.3, 0.4) is 0 Å². The highest BCUT2D eigenvalue weighted by Gasteiger charge is 2.34. The lowest BCUT2D eigenvalue weighted by molar-refractivity contribution is -0.293. The van der Waals surface area contributed by atoms with Crippen molar-refractivity contribution in [3.8, 4) is 0 Å². The van der Waals surface area contributed by atoms with Crippen molar-refractivity contribution in [1.82, 2.24) is 0 Å². The van der Waals surface area contributed by atoms with Crippen molar-refractivity contribution in [2.24, 2.45) is 5.11 Å². The van der Waals surface area contributed by atoms with Crippen molar-refractivity contribution >= 4 is 0 Å². The van der Waals surface area contributed by atoms with Crippen LogP contribution in [0.25, 0.3) is 10.4 Å². The summed E-state index contributed by atoms with van der Waals surface area (Å²) in [6.07, 6.45) is -0.554. The Morgan fingerprint density at radius 1 is 1.48 bits per heavy atom. The second-order valence-electron chi connectivity index (χ2n) is 5.54. The van der Waals surface area contributed by atoms with Crippen molar-refractivity contribution in [3.63, 3.8) is 0 Å². The highest BCUT2D eigenvalue weighted by atomic mass is 16.7. The summed E-state index contributed by atoms with van der Waals surface area (Å²) < 4.78 is 22.9. The molecule has 0 saturated carbocycles. The Kier molecular flexibility index (Phi) is 7.87. The van der Waals surface area contributed by atoms with E-state index in [1.165, 1.54) is 0 Å². The first-order valence-corrected chi connectivity index (χ1v) is 8.04. The summed E-state index contributed by atoms with van der Waals surface area (Å²) in [5.74, 6) is 0. The maximum Gasteiger partial charge on any atom is 0.184 e. The van der Waals surface area contributed by atoms with Gasteiger partial charge >= 0.3 is 0 Å². The Balaban J connectivity index is 1.99. The summed E-state index contributed by atoms with van der Waals surface area (Å²) in [5.41, 5.74) is 9.55. The molecule has 0 amide bonds. The SMILES string of the molecule is C=CCO[C@@H](OC1COC(c2ccccc2)O[C@@H]1C)[C@H](CO)N=[N+]=[N-]. The van der Waals surface area contributed by atoms with Crippen molar-refractivity contribution in [2.75, 3.05) is 19.8 Å². The minimum Gasteiger partial charge on any atom is -0.396 e. The fraction of sp³-hybridized carbons (Fsp3) is 0.529. The molecule has 8 nitrogen and oxygen atoms in total. The molecule has 1 N–H and O–H groups in total.